The van der Waals surface area contributed by atoms with Crippen LogP contribution in [0.4, 0.5) is 8.78 Å². The maximum atomic E-state index is 12.6. The minimum atomic E-state index is -3.17. The van der Waals surface area contributed by atoms with Gasteiger partial charge >= 0.3 is 12.1 Å². The fourth-order valence-corrected chi connectivity index (χ4v) is 1.03. The van der Waals surface area contributed by atoms with E-state index < -0.39 is 24.1 Å². The van der Waals surface area contributed by atoms with Gasteiger partial charge in [-0.15, -0.1) is 0 Å². The number of carbonyl (C=O) groups excluding carboxylic acids is 1. The fraction of sp³-hybridized carbons (Fsp3) is 0.625. The standard InChI is InChI=1S/C8H10F2O3/c1-3-7(11)13-5(2)6-4-12-8(6,9)10/h3,5-6H,1,4H2,2H3. The molecule has 74 valence electrons. The van der Waals surface area contributed by atoms with Crippen LogP contribution in [0.3, 0.4) is 0 Å². The van der Waals surface area contributed by atoms with E-state index in [1.54, 1.807) is 0 Å². The molecule has 0 aromatic carbocycles. The maximum Gasteiger partial charge on any atom is 0.364 e. The Morgan fingerprint density at radius 2 is 2.46 bits per heavy atom. The number of esters is 1. The minimum Gasteiger partial charge on any atom is -0.459 e. The number of alkyl halides is 2. The molecule has 1 heterocycles. The smallest absolute Gasteiger partial charge is 0.364 e. The van der Waals surface area contributed by atoms with Gasteiger partial charge < -0.3 is 9.47 Å². The molecule has 3 nitrogen and oxygen atoms in total. The Hall–Kier alpha value is -0.970. The average Bonchev–Trinajstić information content (AvgIpc) is 2.02. The van der Waals surface area contributed by atoms with Crippen molar-refractivity contribution in [1.82, 2.24) is 0 Å². The Bertz CT molecular complexity index is 227. The van der Waals surface area contributed by atoms with Gasteiger partial charge in [0.05, 0.1) is 6.61 Å². The van der Waals surface area contributed by atoms with E-state index in [2.05, 4.69) is 16.1 Å². The van der Waals surface area contributed by atoms with E-state index in [-0.39, 0.29) is 6.61 Å². The van der Waals surface area contributed by atoms with Gasteiger partial charge in [-0.2, -0.15) is 8.78 Å². The molecule has 0 amide bonds. The predicted molar refractivity (Wildman–Crippen MR) is 40.1 cm³/mol. The summed E-state index contributed by atoms with van der Waals surface area (Å²) >= 11 is 0. The molecule has 1 rings (SSSR count). The number of halogens is 2. The van der Waals surface area contributed by atoms with E-state index in [1.165, 1.54) is 6.92 Å². The van der Waals surface area contributed by atoms with E-state index in [1.807, 2.05) is 0 Å². The number of carbonyl (C=O) groups is 1. The van der Waals surface area contributed by atoms with Crippen molar-refractivity contribution in [2.45, 2.75) is 19.1 Å². The number of hydrogen-bond donors (Lipinski definition) is 0. The highest BCUT2D eigenvalue weighted by molar-refractivity contribution is 5.81. The van der Waals surface area contributed by atoms with Crippen LogP contribution in [0.2, 0.25) is 0 Å². The van der Waals surface area contributed by atoms with Gasteiger partial charge in [-0.3, -0.25) is 0 Å². The molecule has 0 aromatic heterocycles. The van der Waals surface area contributed by atoms with Gasteiger partial charge in [-0.05, 0) is 6.92 Å². The van der Waals surface area contributed by atoms with Gasteiger partial charge in [0, 0.05) is 6.08 Å². The second-order valence-electron chi connectivity index (χ2n) is 2.83. The molecule has 13 heavy (non-hydrogen) atoms. The van der Waals surface area contributed by atoms with Crippen LogP contribution < -0.4 is 0 Å². The van der Waals surface area contributed by atoms with Crippen molar-refractivity contribution in [2.24, 2.45) is 5.92 Å². The van der Waals surface area contributed by atoms with Crippen molar-refractivity contribution in [3.63, 3.8) is 0 Å². The topological polar surface area (TPSA) is 35.5 Å². The Kier molecular flexibility index (Phi) is 2.66. The van der Waals surface area contributed by atoms with E-state index in [9.17, 15) is 13.6 Å². The molecular weight excluding hydrogens is 182 g/mol. The van der Waals surface area contributed by atoms with E-state index in [0.29, 0.717) is 0 Å². The summed E-state index contributed by atoms with van der Waals surface area (Å²) in [6.07, 6.45) is -3.08. The zero-order chi connectivity index (χ0) is 10.1. The third-order valence-electron chi connectivity index (χ3n) is 1.92. The lowest BCUT2D eigenvalue weighted by atomic mass is 9.99. The lowest BCUT2D eigenvalue weighted by molar-refractivity contribution is -0.371. The molecule has 1 fully saturated rings. The molecule has 2 unspecified atom stereocenters. The summed E-state index contributed by atoms with van der Waals surface area (Å²) in [5.41, 5.74) is 0. The quantitative estimate of drug-likeness (QED) is 0.500. The first-order chi connectivity index (χ1) is 5.97. The molecule has 0 aromatic rings. The number of ether oxygens (including phenoxy) is 2. The molecule has 0 N–H and O–H groups in total. The molecule has 2 atom stereocenters. The molecule has 1 saturated heterocycles. The Labute approximate surface area is 74.3 Å². The summed E-state index contributed by atoms with van der Waals surface area (Å²) < 4.78 is 33.8. The Balaban J connectivity index is 2.44. The zero-order valence-electron chi connectivity index (χ0n) is 7.13. The lowest BCUT2D eigenvalue weighted by Crippen LogP contribution is -2.52. The SMILES string of the molecule is C=CC(=O)OC(C)C1COC1(F)F. The van der Waals surface area contributed by atoms with Crippen LogP contribution in [-0.4, -0.2) is 24.8 Å². The van der Waals surface area contributed by atoms with Crippen LogP contribution in [-0.2, 0) is 14.3 Å². The molecule has 0 saturated carbocycles. The van der Waals surface area contributed by atoms with Gasteiger partial charge in [-0.25, -0.2) is 4.79 Å². The number of rotatable bonds is 3. The molecule has 1 aliphatic rings. The van der Waals surface area contributed by atoms with Gasteiger partial charge in [0.2, 0.25) is 0 Å². The molecular formula is C8H10F2O3. The summed E-state index contributed by atoms with van der Waals surface area (Å²) in [5.74, 6) is -1.74. The Morgan fingerprint density at radius 1 is 1.85 bits per heavy atom. The van der Waals surface area contributed by atoms with Crippen molar-refractivity contribution >= 4 is 5.97 Å². The largest absolute Gasteiger partial charge is 0.459 e. The van der Waals surface area contributed by atoms with E-state index >= 15 is 0 Å². The zero-order valence-corrected chi connectivity index (χ0v) is 7.13. The minimum absolute atomic E-state index is 0.0847. The molecule has 0 bridgehead atoms. The second kappa shape index (κ2) is 3.41. The van der Waals surface area contributed by atoms with Crippen LogP contribution in [0, 0.1) is 5.92 Å². The molecule has 0 aliphatic carbocycles. The second-order valence-corrected chi connectivity index (χ2v) is 2.83. The lowest BCUT2D eigenvalue weighted by Gasteiger charge is -2.38. The van der Waals surface area contributed by atoms with E-state index in [4.69, 9.17) is 0 Å². The highest BCUT2D eigenvalue weighted by atomic mass is 19.3. The summed E-state index contributed by atoms with van der Waals surface area (Å²) in [5, 5.41) is 0. The van der Waals surface area contributed by atoms with Crippen LogP contribution in [0.5, 0.6) is 0 Å². The monoisotopic (exact) mass is 192 g/mol. The summed E-state index contributed by atoms with van der Waals surface area (Å²) in [6, 6.07) is 0. The van der Waals surface area contributed by atoms with Gasteiger partial charge in [-0.1, -0.05) is 6.58 Å². The fourth-order valence-electron chi connectivity index (χ4n) is 1.03. The van der Waals surface area contributed by atoms with Crippen molar-refractivity contribution in [1.29, 1.82) is 0 Å². The van der Waals surface area contributed by atoms with Crippen molar-refractivity contribution in [3.05, 3.63) is 12.7 Å². The van der Waals surface area contributed by atoms with Gasteiger partial charge in [0.15, 0.2) is 0 Å². The third kappa shape index (κ3) is 2.03. The maximum absolute atomic E-state index is 12.6. The molecule has 0 radical (unpaired) electrons. The van der Waals surface area contributed by atoms with Gasteiger partial charge in [0.25, 0.3) is 0 Å². The average molecular weight is 192 g/mol. The predicted octanol–water partition coefficient (Wildman–Crippen LogP) is 1.34. The molecule has 0 spiro atoms. The van der Waals surface area contributed by atoms with Crippen LogP contribution in [0.25, 0.3) is 0 Å². The molecule has 1 aliphatic heterocycles. The van der Waals surface area contributed by atoms with Crippen LogP contribution in [0.15, 0.2) is 12.7 Å². The first-order valence-electron chi connectivity index (χ1n) is 3.82. The highest BCUT2D eigenvalue weighted by Gasteiger charge is 2.54. The van der Waals surface area contributed by atoms with Crippen molar-refractivity contribution < 1.29 is 23.0 Å². The summed E-state index contributed by atoms with van der Waals surface area (Å²) in [6.45, 7) is 4.48. The normalized spacial score (nSPS) is 27.2. The van der Waals surface area contributed by atoms with Gasteiger partial charge in [0.1, 0.15) is 12.0 Å². The molecule has 5 heteroatoms. The summed E-state index contributed by atoms with van der Waals surface area (Å²) in [4.78, 5) is 10.7. The summed E-state index contributed by atoms with van der Waals surface area (Å²) in [7, 11) is 0. The van der Waals surface area contributed by atoms with Crippen LogP contribution in [0.1, 0.15) is 6.92 Å². The van der Waals surface area contributed by atoms with Crippen LogP contribution >= 0.6 is 0 Å². The first-order valence-corrected chi connectivity index (χ1v) is 3.82. The Morgan fingerprint density at radius 3 is 2.77 bits per heavy atom. The first kappa shape index (κ1) is 10.1. The number of hydrogen-bond acceptors (Lipinski definition) is 3. The van der Waals surface area contributed by atoms with Crippen molar-refractivity contribution in [2.75, 3.05) is 6.61 Å². The highest BCUT2D eigenvalue weighted by Crippen LogP contribution is 2.39. The van der Waals surface area contributed by atoms with E-state index in [0.717, 1.165) is 6.08 Å². The van der Waals surface area contributed by atoms with Crippen molar-refractivity contribution in [3.8, 4) is 0 Å². The third-order valence-corrected chi connectivity index (χ3v) is 1.92.